The fraction of sp³-hybridized carbons (Fsp3) is 0.471. The van der Waals surface area contributed by atoms with Gasteiger partial charge in [0.05, 0.1) is 5.69 Å². The Hall–Kier alpha value is -1.61. The number of nitrogens with one attached hydrogen (secondary N) is 1. The summed E-state index contributed by atoms with van der Waals surface area (Å²) in [6.07, 6.45) is 3.82. The van der Waals surface area contributed by atoms with Crippen LogP contribution in [0.4, 0.5) is 0 Å². The van der Waals surface area contributed by atoms with Crippen LogP contribution in [-0.4, -0.2) is 11.7 Å². The average molecular weight is 270 g/mol. The van der Waals surface area contributed by atoms with Crippen molar-refractivity contribution in [3.8, 4) is 0 Å². The first-order valence-electron chi connectivity index (χ1n) is 7.46. The van der Waals surface area contributed by atoms with E-state index in [9.17, 15) is 0 Å². The summed E-state index contributed by atoms with van der Waals surface area (Å²) < 4.78 is 5.20. The van der Waals surface area contributed by atoms with E-state index in [1.807, 2.05) is 13.8 Å². The third-order valence-electron chi connectivity index (χ3n) is 4.37. The topological polar surface area (TPSA) is 38.1 Å². The monoisotopic (exact) mass is 270 g/mol. The van der Waals surface area contributed by atoms with E-state index in [0.717, 1.165) is 24.5 Å². The molecule has 0 amide bonds. The second-order valence-corrected chi connectivity index (χ2v) is 5.72. The first-order valence-corrected chi connectivity index (χ1v) is 7.46. The molecule has 0 bridgehead atoms. The van der Waals surface area contributed by atoms with Crippen molar-refractivity contribution < 1.29 is 4.52 Å². The highest BCUT2D eigenvalue weighted by atomic mass is 16.5. The predicted octanol–water partition coefficient (Wildman–Crippen LogP) is 3.50. The van der Waals surface area contributed by atoms with Gasteiger partial charge in [-0.25, -0.2) is 0 Å². The number of aryl methyl sites for hydroxylation is 3. The molecule has 0 spiro atoms. The quantitative estimate of drug-likeness (QED) is 0.924. The van der Waals surface area contributed by atoms with Gasteiger partial charge >= 0.3 is 0 Å². The zero-order valence-corrected chi connectivity index (χ0v) is 12.3. The number of nitrogens with zero attached hydrogens (tertiary/aromatic N) is 1. The Morgan fingerprint density at radius 3 is 2.95 bits per heavy atom. The summed E-state index contributed by atoms with van der Waals surface area (Å²) >= 11 is 0. The van der Waals surface area contributed by atoms with Crippen molar-refractivity contribution in [2.45, 2.75) is 45.6 Å². The molecule has 0 saturated carbocycles. The van der Waals surface area contributed by atoms with Crippen molar-refractivity contribution in [1.82, 2.24) is 10.5 Å². The van der Waals surface area contributed by atoms with Gasteiger partial charge in [0, 0.05) is 18.7 Å². The third kappa shape index (κ3) is 2.63. The van der Waals surface area contributed by atoms with Crippen molar-refractivity contribution in [1.29, 1.82) is 0 Å². The van der Waals surface area contributed by atoms with Crippen LogP contribution in [0, 0.1) is 13.8 Å². The smallest absolute Gasteiger partial charge is 0.138 e. The fourth-order valence-corrected chi connectivity index (χ4v) is 3.19. The second-order valence-electron chi connectivity index (χ2n) is 5.72. The molecule has 0 radical (unpaired) electrons. The van der Waals surface area contributed by atoms with Crippen LogP contribution >= 0.6 is 0 Å². The molecule has 1 N–H and O–H groups in total. The molecule has 1 aromatic carbocycles. The molecule has 20 heavy (non-hydrogen) atoms. The van der Waals surface area contributed by atoms with E-state index >= 15 is 0 Å². The molecule has 3 rings (SSSR count). The van der Waals surface area contributed by atoms with Crippen LogP contribution < -0.4 is 5.32 Å². The molecule has 0 aliphatic heterocycles. The standard InChI is InChI=1S/C17H22N2O/c1-12-17(13(2)20-19-12)11-18-10-15-8-5-7-14-6-3-4-9-16(14)15/h3-4,6,9,15,18H,5,7-8,10-11H2,1-2H3. The lowest BCUT2D eigenvalue weighted by Gasteiger charge is -2.25. The number of hydrogen-bond donors (Lipinski definition) is 1. The molecular formula is C17H22N2O. The Labute approximate surface area is 120 Å². The molecule has 0 saturated heterocycles. The zero-order chi connectivity index (χ0) is 13.9. The number of aromatic nitrogens is 1. The molecular weight excluding hydrogens is 248 g/mol. The average Bonchev–Trinajstić information content (AvgIpc) is 2.79. The normalized spacial score (nSPS) is 18.0. The number of fused-ring (bicyclic) bond motifs is 1. The number of benzene rings is 1. The van der Waals surface area contributed by atoms with Crippen LogP contribution in [0.3, 0.4) is 0 Å². The Balaban J connectivity index is 1.63. The summed E-state index contributed by atoms with van der Waals surface area (Å²) in [6, 6.07) is 8.87. The summed E-state index contributed by atoms with van der Waals surface area (Å²) in [4.78, 5) is 0. The van der Waals surface area contributed by atoms with Gasteiger partial charge in [0.25, 0.3) is 0 Å². The van der Waals surface area contributed by atoms with Gasteiger partial charge in [0.1, 0.15) is 5.76 Å². The molecule has 1 aliphatic rings. The SMILES string of the molecule is Cc1noc(C)c1CNCC1CCCc2ccccc21. The lowest BCUT2D eigenvalue weighted by molar-refractivity contribution is 0.391. The minimum atomic E-state index is 0.639. The largest absolute Gasteiger partial charge is 0.361 e. The Morgan fingerprint density at radius 1 is 1.30 bits per heavy atom. The summed E-state index contributed by atoms with van der Waals surface area (Å²) in [7, 11) is 0. The molecule has 1 heterocycles. The minimum Gasteiger partial charge on any atom is -0.361 e. The third-order valence-corrected chi connectivity index (χ3v) is 4.37. The molecule has 106 valence electrons. The zero-order valence-electron chi connectivity index (χ0n) is 12.3. The molecule has 1 unspecified atom stereocenters. The molecule has 3 heteroatoms. The summed E-state index contributed by atoms with van der Waals surface area (Å²) in [5.74, 6) is 1.57. The summed E-state index contributed by atoms with van der Waals surface area (Å²) in [5, 5.41) is 7.58. The predicted molar refractivity (Wildman–Crippen MR) is 79.8 cm³/mol. The Bertz CT molecular complexity index is 569. The lowest BCUT2D eigenvalue weighted by Crippen LogP contribution is -2.24. The minimum absolute atomic E-state index is 0.639. The highest BCUT2D eigenvalue weighted by molar-refractivity contribution is 5.32. The number of rotatable bonds is 4. The van der Waals surface area contributed by atoms with Gasteiger partial charge in [-0.1, -0.05) is 29.4 Å². The van der Waals surface area contributed by atoms with E-state index in [2.05, 4.69) is 34.7 Å². The molecule has 3 nitrogen and oxygen atoms in total. The molecule has 1 aliphatic carbocycles. The van der Waals surface area contributed by atoms with E-state index in [-0.39, 0.29) is 0 Å². The molecule has 1 atom stereocenters. The fourth-order valence-electron chi connectivity index (χ4n) is 3.19. The number of hydrogen-bond acceptors (Lipinski definition) is 3. The van der Waals surface area contributed by atoms with E-state index < -0.39 is 0 Å². The Morgan fingerprint density at radius 2 is 2.15 bits per heavy atom. The van der Waals surface area contributed by atoms with Crippen LogP contribution in [0.1, 0.15) is 46.9 Å². The van der Waals surface area contributed by atoms with Crippen molar-refractivity contribution >= 4 is 0 Å². The van der Waals surface area contributed by atoms with E-state index in [0.29, 0.717) is 5.92 Å². The van der Waals surface area contributed by atoms with Gasteiger partial charge in [0.2, 0.25) is 0 Å². The summed E-state index contributed by atoms with van der Waals surface area (Å²) in [6.45, 7) is 5.86. The Kier molecular flexibility index (Phi) is 3.88. The van der Waals surface area contributed by atoms with Gasteiger partial charge in [-0.2, -0.15) is 0 Å². The maximum absolute atomic E-state index is 5.20. The molecule has 0 fully saturated rings. The second kappa shape index (κ2) is 5.80. The molecule has 2 aromatic rings. The first-order chi connectivity index (χ1) is 9.75. The lowest BCUT2D eigenvalue weighted by atomic mass is 9.83. The van der Waals surface area contributed by atoms with E-state index in [1.54, 1.807) is 0 Å². The molecule has 1 aromatic heterocycles. The maximum Gasteiger partial charge on any atom is 0.138 e. The van der Waals surface area contributed by atoms with Crippen LogP contribution in [0.5, 0.6) is 0 Å². The van der Waals surface area contributed by atoms with Crippen molar-refractivity contribution in [2.24, 2.45) is 0 Å². The first kappa shape index (κ1) is 13.4. The van der Waals surface area contributed by atoms with Crippen molar-refractivity contribution in [3.63, 3.8) is 0 Å². The van der Waals surface area contributed by atoms with Crippen molar-refractivity contribution in [3.05, 3.63) is 52.4 Å². The van der Waals surface area contributed by atoms with Crippen LogP contribution in [0.2, 0.25) is 0 Å². The summed E-state index contributed by atoms with van der Waals surface area (Å²) in [5.41, 5.74) is 5.26. The van der Waals surface area contributed by atoms with Crippen molar-refractivity contribution in [2.75, 3.05) is 6.54 Å². The maximum atomic E-state index is 5.20. The van der Waals surface area contributed by atoms with Gasteiger partial charge < -0.3 is 9.84 Å². The highest BCUT2D eigenvalue weighted by Gasteiger charge is 2.19. The van der Waals surface area contributed by atoms with Crippen LogP contribution in [-0.2, 0) is 13.0 Å². The van der Waals surface area contributed by atoms with Gasteiger partial charge in [-0.05, 0) is 50.2 Å². The van der Waals surface area contributed by atoms with E-state index in [4.69, 9.17) is 4.52 Å². The van der Waals surface area contributed by atoms with Gasteiger partial charge in [-0.3, -0.25) is 0 Å². The highest BCUT2D eigenvalue weighted by Crippen LogP contribution is 2.30. The van der Waals surface area contributed by atoms with E-state index in [1.165, 1.54) is 36.0 Å². The van der Waals surface area contributed by atoms with Crippen LogP contribution in [0.15, 0.2) is 28.8 Å². The van der Waals surface area contributed by atoms with Gasteiger partial charge in [0.15, 0.2) is 0 Å². The van der Waals surface area contributed by atoms with Crippen LogP contribution in [0.25, 0.3) is 0 Å². The van der Waals surface area contributed by atoms with Gasteiger partial charge in [-0.15, -0.1) is 0 Å².